The summed E-state index contributed by atoms with van der Waals surface area (Å²) in [6.07, 6.45) is 3.19. The van der Waals surface area contributed by atoms with Crippen LogP contribution in [-0.2, 0) is 11.3 Å². The molecule has 1 aromatic heterocycles. The van der Waals surface area contributed by atoms with Gasteiger partial charge >= 0.3 is 0 Å². The van der Waals surface area contributed by atoms with Crippen LogP contribution in [0.5, 0.6) is 0 Å². The number of hydrogen-bond donors (Lipinski definition) is 2. The minimum atomic E-state index is -0.116. The van der Waals surface area contributed by atoms with E-state index in [1.807, 2.05) is 30.3 Å². The molecule has 2 aromatic rings. The second kappa shape index (κ2) is 9.69. The first kappa shape index (κ1) is 22.6. The number of carbonyl (C=O) groups is 1. The van der Waals surface area contributed by atoms with Crippen LogP contribution in [0.25, 0.3) is 11.4 Å². The Balaban J connectivity index is 0.00000140. The van der Waals surface area contributed by atoms with Crippen molar-refractivity contribution >= 4 is 30.7 Å². The molecule has 2 saturated heterocycles. The lowest BCUT2D eigenvalue weighted by Crippen LogP contribution is -2.41. The molecule has 3 heterocycles. The Kier molecular flexibility index (Phi) is 7.83. The van der Waals surface area contributed by atoms with Crippen molar-refractivity contribution in [3.8, 4) is 11.4 Å². The normalized spacial score (nSPS) is 20.2. The first-order valence-electron chi connectivity index (χ1n) is 9.22. The van der Waals surface area contributed by atoms with Crippen molar-refractivity contribution in [3.63, 3.8) is 0 Å². The fourth-order valence-corrected chi connectivity index (χ4v) is 4.00. The van der Waals surface area contributed by atoms with Crippen molar-refractivity contribution in [1.29, 1.82) is 0 Å². The lowest BCUT2D eigenvalue weighted by Gasteiger charge is -2.33. The molecule has 2 aliphatic rings. The van der Waals surface area contributed by atoms with Crippen LogP contribution in [0.2, 0.25) is 0 Å². The summed E-state index contributed by atoms with van der Waals surface area (Å²) in [5.41, 5.74) is 1.18. The summed E-state index contributed by atoms with van der Waals surface area (Å²) in [5, 5.41) is 10.8. The van der Waals surface area contributed by atoms with Crippen molar-refractivity contribution in [2.24, 2.45) is 5.41 Å². The third-order valence-electron chi connectivity index (χ3n) is 5.57. The van der Waals surface area contributed by atoms with E-state index in [4.69, 9.17) is 4.52 Å². The number of nitrogens with one attached hydrogen (secondary N) is 2. The van der Waals surface area contributed by atoms with Gasteiger partial charge < -0.3 is 20.1 Å². The van der Waals surface area contributed by atoms with E-state index in [1.54, 1.807) is 11.9 Å². The average molecular weight is 428 g/mol. The Morgan fingerprint density at radius 2 is 1.96 bits per heavy atom. The lowest BCUT2D eigenvalue weighted by molar-refractivity contribution is -0.132. The maximum atomic E-state index is 12.8. The van der Waals surface area contributed by atoms with E-state index in [-0.39, 0.29) is 42.2 Å². The van der Waals surface area contributed by atoms with E-state index in [0.717, 1.165) is 44.5 Å². The van der Waals surface area contributed by atoms with E-state index < -0.39 is 0 Å². The molecular weight excluding hydrogens is 401 g/mol. The maximum absolute atomic E-state index is 12.8. The van der Waals surface area contributed by atoms with E-state index in [1.165, 1.54) is 0 Å². The molecule has 154 valence electrons. The first-order valence-corrected chi connectivity index (χ1v) is 9.22. The Morgan fingerprint density at radius 1 is 1.25 bits per heavy atom. The molecule has 2 fully saturated rings. The molecule has 1 amide bonds. The number of nitrogens with zero attached hydrogens (tertiary/aromatic N) is 3. The number of halogens is 2. The van der Waals surface area contributed by atoms with Crippen molar-refractivity contribution in [2.45, 2.75) is 31.8 Å². The predicted octanol–water partition coefficient (Wildman–Crippen LogP) is 2.27. The van der Waals surface area contributed by atoms with Gasteiger partial charge in [-0.1, -0.05) is 35.5 Å². The highest BCUT2D eigenvalue weighted by Crippen LogP contribution is 2.37. The molecular formula is C19H27Cl2N5O2. The molecule has 9 heteroatoms. The number of piperidine rings is 1. The van der Waals surface area contributed by atoms with Gasteiger partial charge in [-0.3, -0.25) is 4.79 Å². The molecule has 1 unspecified atom stereocenters. The molecule has 7 nitrogen and oxygen atoms in total. The summed E-state index contributed by atoms with van der Waals surface area (Å²) >= 11 is 0. The molecule has 0 radical (unpaired) electrons. The van der Waals surface area contributed by atoms with Gasteiger partial charge in [-0.2, -0.15) is 4.98 Å². The highest BCUT2D eigenvalue weighted by molar-refractivity contribution is 5.85. The Labute approximate surface area is 177 Å². The highest BCUT2D eigenvalue weighted by Gasteiger charge is 2.42. The predicted molar refractivity (Wildman–Crippen MR) is 112 cm³/mol. The SMILES string of the molecule is CN(Cc1nc(-c2ccccc2)no1)C(=O)C1CC2(CCNCC2)CN1.Cl.Cl. The molecule has 1 atom stereocenters. The number of aromatic nitrogens is 2. The smallest absolute Gasteiger partial charge is 0.246 e. The zero-order valence-corrected chi connectivity index (χ0v) is 17.5. The van der Waals surface area contributed by atoms with Crippen molar-refractivity contribution in [1.82, 2.24) is 25.7 Å². The van der Waals surface area contributed by atoms with Crippen LogP contribution in [0.3, 0.4) is 0 Å². The molecule has 28 heavy (non-hydrogen) atoms. The standard InChI is InChI=1S/C19H25N5O2.2ClH/c1-24(12-16-22-17(23-26-16)14-5-3-2-4-6-14)18(25)15-11-19(13-21-15)7-9-20-10-8-19;;/h2-6,15,20-21H,7-13H2,1H3;2*1H. The van der Waals surface area contributed by atoms with Gasteiger partial charge in [0.15, 0.2) is 0 Å². The van der Waals surface area contributed by atoms with E-state index in [0.29, 0.717) is 18.3 Å². The first-order chi connectivity index (χ1) is 12.7. The third-order valence-corrected chi connectivity index (χ3v) is 5.57. The van der Waals surface area contributed by atoms with Gasteiger partial charge in [-0.05, 0) is 37.8 Å². The summed E-state index contributed by atoms with van der Waals surface area (Å²) in [6, 6.07) is 9.57. The largest absolute Gasteiger partial charge is 0.337 e. The van der Waals surface area contributed by atoms with Crippen LogP contribution in [0.1, 0.15) is 25.2 Å². The summed E-state index contributed by atoms with van der Waals surface area (Å²) in [4.78, 5) is 18.9. The fourth-order valence-electron chi connectivity index (χ4n) is 4.00. The minimum Gasteiger partial charge on any atom is -0.337 e. The summed E-state index contributed by atoms with van der Waals surface area (Å²) in [6.45, 7) is 3.34. The summed E-state index contributed by atoms with van der Waals surface area (Å²) in [7, 11) is 1.80. The van der Waals surface area contributed by atoms with Crippen LogP contribution in [-0.4, -0.2) is 53.7 Å². The van der Waals surface area contributed by atoms with Crippen molar-refractivity contribution in [2.75, 3.05) is 26.7 Å². The highest BCUT2D eigenvalue weighted by atomic mass is 35.5. The molecule has 2 N–H and O–H groups in total. The number of amides is 1. The van der Waals surface area contributed by atoms with Crippen molar-refractivity contribution in [3.05, 3.63) is 36.2 Å². The maximum Gasteiger partial charge on any atom is 0.246 e. The minimum absolute atomic E-state index is 0. The van der Waals surface area contributed by atoms with Crippen LogP contribution in [0.15, 0.2) is 34.9 Å². The molecule has 2 aliphatic heterocycles. The summed E-state index contributed by atoms with van der Waals surface area (Å²) in [5.74, 6) is 1.10. The molecule has 0 bridgehead atoms. The quantitative estimate of drug-likeness (QED) is 0.778. The van der Waals surface area contributed by atoms with E-state index in [9.17, 15) is 4.79 Å². The van der Waals surface area contributed by atoms with E-state index >= 15 is 0 Å². The van der Waals surface area contributed by atoms with Gasteiger partial charge in [-0.15, -0.1) is 24.8 Å². The van der Waals surface area contributed by atoms with Crippen LogP contribution >= 0.6 is 24.8 Å². The molecule has 0 saturated carbocycles. The van der Waals surface area contributed by atoms with Crippen LogP contribution in [0, 0.1) is 5.41 Å². The molecule has 4 rings (SSSR count). The third kappa shape index (κ3) is 4.84. The second-order valence-corrected chi connectivity index (χ2v) is 7.46. The zero-order valence-electron chi connectivity index (χ0n) is 15.9. The number of likely N-dealkylation sites (N-methyl/N-ethyl adjacent to an activating group) is 1. The Morgan fingerprint density at radius 3 is 2.68 bits per heavy atom. The van der Waals surface area contributed by atoms with Crippen LogP contribution < -0.4 is 10.6 Å². The van der Waals surface area contributed by atoms with Gasteiger partial charge in [0.2, 0.25) is 17.6 Å². The Bertz CT molecular complexity index is 765. The van der Waals surface area contributed by atoms with Crippen molar-refractivity contribution < 1.29 is 9.32 Å². The number of rotatable bonds is 4. The average Bonchev–Trinajstić information content (AvgIpc) is 3.30. The number of benzene rings is 1. The zero-order chi connectivity index (χ0) is 18.0. The molecule has 1 aromatic carbocycles. The van der Waals surface area contributed by atoms with Gasteiger partial charge in [0.25, 0.3) is 0 Å². The van der Waals surface area contributed by atoms with Crippen LogP contribution in [0.4, 0.5) is 0 Å². The fraction of sp³-hybridized carbons (Fsp3) is 0.526. The van der Waals surface area contributed by atoms with Gasteiger partial charge in [0, 0.05) is 19.2 Å². The molecule has 0 aliphatic carbocycles. The summed E-state index contributed by atoms with van der Waals surface area (Å²) < 4.78 is 5.33. The monoisotopic (exact) mass is 427 g/mol. The van der Waals surface area contributed by atoms with E-state index in [2.05, 4.69) is 20.8 Å². The topological polar surface area (TPSA) is 83.3 Å². The molecule has 1 spiro atoms. The Hall–Kier alpha value is -1.67. The lowest BCUT2D eigenvalue weighted by atomic mass is 9.77. The number of hydrogen-bond acceptors (Lipinski definition) is 6. The second-order valence-electron chi connectivity index (χ2n) is 7.46. The van der Waals surface area contributed by atoms with Gasteiger partial charge in [-0.25, -0.2) is 0 Å². The van der Waals surface area contributed by atoms with Gasteiger partial charge in [0.05, 0.1) is 12.6 Å². The van der Waals surface area contributed by atoms with Gasteiger partial charge in [0.1, 0.15) is 0 Å². The number of carbonyl (C=O) groups excluding carboxylic acids is 1.